The van der Waals surface area contributed by atoms with Gasteiger partial charge >= 0.3 is 5.97 Å². The number of nitrogens with one attached hydrogen (secondary N) is 1. The summed E-state index contributed by atoms with van der Waals surface area (Å²) in [6, 6.07) is 8.39. The molecule has 0 aliphatic rings. The van der Waals surface area contributed by atoms with E-state index in [2.05, 4.69) is 10.3 Å². The maximum Gasteiger partial charge on any atom is 0.335 e. The number of nitrogens with two attached hydrogens (primary N) is 1. The molecule has 1 aromatic heterocycles. The fourth-order valence-electron chi connectivity index (χ4n) is 1.76. The van der Waals surface area contributed by atoms with Crippen LogP contribution in [-0.4, -0.2) is 16.1 Å². The van der Waals surface area contributed by atoms with Crippen LogP contribution >= 0.6 is 0 Å². The van der Waals surface area contributed by atoms with Crippen molar-refractivity contribution in [3.63, 3.8) is 0 Å². The molecule has 5 heteroatoms. The molecule has 0 amide bonds. The monoisotopic (exact) mass is 257 g/mol. The molecular formula is C14H15N3O2. The number of hydrogen-bond donors (Lipinski definition) is 3. The molecule has 98 valence electrons. The lowest BCUT2D eigenvalue weighted by atomic mass is 10.1. The van der Waals surface area contributed by atoms with E-state index in [0.29, 0.717) is 11.4 Å². The van der Waals surface area contributed by atoms with Gasteiger partial charge in [-0.25, -0.2) is 4.79 Å². The number of carbonyl (C=O) groups is 1. The van der Waals surface area contributed by atoms with Crippen LogP contribution < -0.4 is 11.1 Å². The summed E-state index contributed by atoms with van der Waals surface area (Å²) in [5, 5.41) is 12.2. The Bertz CT molecular complexity index is 584. The van der Waals surface area contributed by atoms with Gasteiger partial charge in [0.05, 0.1) is 23.0 Å². The highest BCUT2D eigenvalue weighted by Gasteiger charge is 2.10. The van der Waals surface area contributed by atoms with Gasteiger partial charge in [-0.2, -0.15) is 0 Å². The van der Waals surface area contributed by atoms with E-state index < -0.39 is 5.97 Å². The number of nitrogens with zero attached hydrogens (tertiary/aromatic N) is 1. The summed E-state index contributed by atoms with van der Waals surface area (Å²) in [5.74, 6) is -0.975. The van der Waals surface area contributed by atoms with E-state index in [-0.39, 0.29) is 11.6 Å². The quantitative estimate of drug-likeness (QED) is 0.732. The second-order valence-corrected chi connectivity index (χ2v) is 4.26. The second kappa shape index (κ2) is 5.39. The molecule has 5 nitrogen and oxygen atoms in total. The first-order chi connectivity index (χ1) is 9.08. The zero-order valence-electron chi connectivity index (χ0n) is 10.5. The van der Waals surface area contributed by atoms with Crippen molar-refractivity contribution in [1.82, 2.24) is 4.98 Å². The molecule has 2 aromatic rings. The van der Waals surface area contributed by atoms with Crippen LogP contribution in [0.25, 0.3) is 0 Å². The zero-order chi connectivity index (χ0) is 13.8. The summed E-state index contributed by atoms with van der Waals surface area (Å²) < 4.78 is 0. The molecule has 1 heterocycles. The third kappa shape index (κ3) is 3.01. The standard InChI is InChI=1S/C14H15N3O2/c1-9(11-3-2-6-16-8-11)17-13-7-10(14(18)19)4-5-12(13)15/h2-9,17H,15H2,1H3,(H,18,19). The lowest BCUT2D eigenvalue weighted by Gasteiger charge is -2.17. The highest BCUT2D eigenvalue weighted by atomic mass is 16.4. The Balaban J connectivity index is 2.23. The van der Waals surface area contributed by atoms with E-state index in [1.165, 1.54) is 12.1 Å². The Morgan fingerprint density at radius 2 is 2.21 bits per heavy atom. The number of aromatic carboxylic acids is 1. The minimum Gasteiger partial charge on any atom is -0.478 e. The molecule has 0 radical (unpaired) electrons. The van der Waals surface area contributed by atoms with Crippen LogP contribution in [0.1, 0.15) is 28.9 Å². The molecule has 19 heavy (non-hydrogen) atoms. The Hall–Kier alpha value is -2.56. The van der Waals surface area contributed by atoms with Crippen LogP contribution in [0.15, 0.2) is 42.7 Å². The zero-order valence-corrected chi connectivity index (χ0v) is 10.5. The molecule has 0 bridgehead atoms. The molecule has 0 saturated heterocycles. The van der Waals surface area contributed by atoms with Crippen LogP contribution in [0.2, 0.25) is 0 Å². The number of benzene rings is 1. The van der Waals surface area contributed by atoms with Crippen molar-refractivity contribution in [1.29, 1.82) is 0 Å². The minimum absolute atomic E-state index is 0.0138. The highest BCUT2D eigenvalue weighted by molar-refractivity contribution is 5.90. The van der Waals surface area contributed by atoms with E-state index in [1.54, 1.807) is 18.5 Å². The van der Waals surface area contributed by atoms with E-state index >= 15 is 0 Å². The molecule has 4 N–H and O–H groups in total. The number of carboxylic acids is 1. The number of carboxylic acid groups (broad SMARTS) is 1. The van der Waals surface area contributed by atoms with Gasteiger partial charge < -0.3 is 16.2 Å². The van der Waals surface area contributed by atoms with Crippen molar-refractivity contribution >= 4 is 17.3 Å². The van der Waals surface area contributed by atoms with Gasteiger partial charge in [0.25, 0.3) is 0 Å². The summed E-state index contributed by atoms with van der Waals surface area (Å²) in [7, 11) is 0. The first kappa shape index (κ1) is 12.9. The normalized spacial score (nSPS) is 11.8. The van der Waals surface area contributed by atoms with Gasteiger partial charge in [-0.1, -0.05) is 6.07 Å². The maximum absolute atomic E-state index is 10.9. The number of nitrogen functional groups attached to an aromatic ring is 1. The molecular weight excluding hydrogens is 242 g/mol. The molecule has 1 atom stereocenters. The number of rotatable bonds is 4. The van der Waals surface area contributed by atoms with Gasteiger partial charge in [0.15, 0.2) is 0 Å². The predicted octanol–water partition coefficient (Wildman–Crippen LogP) is 2.54. The smallest absolute Gasteiger partial charge is 0.335 e. The average molecular weight is 257 g/mol. The summed E-state index contributed by atoms with van der Waals surface area (Å²) in [4.78, 5) is 15.0. The molecule has 1 aromatic carbocycles. The van der Waals surface area contributed by atoms with Gasteiger partial charge in [0.2, 0.25) is 0 Å². The van der Waals surface area contributed by atoms with Crippen LogP contribution in [0, 0.1) is 0 Å². The molecule has 0 aliphatic carbocycles. The molecule has 1 unspecified atom stereocenters. The van der Waals surface area contributed by atoms with Gasteiger partial charge in [0.1, 0.15) is 0 Å². The first-order valence-corrected chi connectivity index (χ1v) is 5.87. The SMILES string of the molecule is CC(Nc1cc(C(=O)O)ccc1N)c1cccnc1. The van der Waals surface area contributed by atoms with Crippen molar-refractivity contribution in [2.45, 2.75) is 13.0 Å². The second-order valence-electron chi connectivity index (χ2n) is 4.26. The Morgan fingerprint density at radius 3 is 2.84 bits per heavy atom. The van der Waals surface area contributed by atoms with Crippen molar-refractivity contribution in [2.24, 2.45) is 0 Å². The summed E-state index contributed by atoms with van der Waals surface area (Å²) in [5.41, 5.74) is 8.17. The van der Waals surface area contributed by atoms with Crippen LogP contribution in [0.5, 0.6) is 0 Å². The largest absolute Gasteiger partial charge is 0.478 e. The fourth-order valence-corrected chi connectivity index (χ4v) is 1.76. The topological polar surface area (TPSA) is 88.2 Å². The number of pyridine rings is 1. The fraction of sp³-hybridized carbons (Fsp3) is 0.143. The molecule has 0 fully saturated rings. The summed E-state index contributed by atoms with van der Waals surface area (Å²) >= 11 is 0. The third-order valence-corrected chi connectivity index (χ3v) is 2.86. The van der Waals surface area contributed by atoms with E-state index in [9.17, 15) is 4.79 Å². The van der Waals surface area contributed by atoms with Gasteiger partial charge in [-0.3, -0.25) is 4.98 Å². The lowest BCUT2D eigenvalue weighted by Crippen LogP contribution is -2.09. The molecule has 2 rings (SSSR count). The van der Waals surface area contributed by atoms with Crippen molar-refractivity contribution in [3.8, 4) is 0 Å². The average Bonchev–Trinajstić information content (AvgIpc) is 2.42. The molecule has 0 saturated carbocycles. The minimum atomic E-state index is -0.975. The van der Waals surface area contributed by atoms with Gasteiger partial charge in [0, 0.05) is 12.4 Å². The van der Waals surface area contributed by atoms with E-state index in [4.69, 9.17) is 10.8 Å². The number of aromatic nitrogens is 1. The van der Waals surface area contributed by atoms with Crippen molar-refractivity contribution in [2.75, 3.05) is 11.1 Å². The van der Waals surface area contributed by atoms with Gasteiger partial charge in [-0.15, -0.1) is 0 Å². The van der Waals surface area contributed by atoms with E-state index in [1.807, 2.05) is 19.1 Å². The van der Waals surface area contributed by atoms with Crippen LogP contribution in [-0.2, 0) is 0 Å². The Morgan fingerprint density at radius 1 is 1.42 bits per heavy atom. The van der Waals surface area contributed by atoms with E-state index in [0.717, 1.165) is 5.56 Å². The summed E-state index contributed by atoms with van der Waals surface area (Å²) in [6.45, 7) is 1.96. The number of hydrogen-bond acceptors (Lipinski definition) is 4. The Labute approximate surface area is 111 Å². The molecule has 0 spiro atoms. The van der Waals surface area contributed by atoms with Gasteiger partial charge in [-0.05, 0) is 36.8 Å². The lowest BCUT2D eigenvalue weighted by molar-refractivity contribution is 0.0697. The van der Waals surface area contributed by atoms with Crippen LogP contribution in [0.3, 0.4) is 0 Å². The number of anilines is 2. The van der Waals surface area contributed by atoms with Crippen molar-refractivity contribution in [3.05, 3.63) is 53.9 Å². The first-order valence-electron chi connectivity index (χ1n) is 5.87. The predicted molar refractivity (Wildman–Crippen MR) is 74.1 cm³/mol. The third-order valence-electron chi connectivity index (χ3n) is 2.86. The maximum atomic E-state index is 10.9. The van der Waals surface area contributed by atoms with Crippen LogP contribution in [0.4, 0.5) is 11.4 Å². The van der Waals surface area contributed by atoms with Crippen molar-refractivity contribution < 1.29 is 9.90 Å². The summed E-state index contributed by atoms with van der Waals surface area (Å²) in [6.07, 6.45) is 3.46. The molecule has 0 aliphatic heterocycles. The highest BCUT2D eigenvalue weighted by Crippen LogP contribution is 2.25. The Kier molecular flexibility index (Phi) is 3.66.